The van der Waals surface area contributed by atoms with Crippen LogP contribution in [0.4, 0.5) is 0 Å². The second kappa shape index (κ2) is 7.72. The van der Waals surface area contributed by atoms with Gasteiger partial charge in [-0.25, -0.2) is 9.97 Å². The number of fused-ring (bicyclic) bond motifs is 1. The van der Waals surface area contributed by atoms with E-state index in [2.05, 4.69) is 28.8 Å². The molecule has 1 aliphatic rings. The van der Waals surface area contributed by atoms with E-state index in [1.165, 1.54) is 18.2 Å². The fraction of sp³-hybridized carbons (Fsp3) is 0.381. The minimum absolute atomic E-state index is 0.194. The summed E-state index contributed by atoms with van der Waals surface area (Å²) in [7, 11) is 0. The Hall–Kier alpha value is -2.34. The predicted molar refractivity (Wildman–Crippen MR) is 110 cm³/mol. The van der Waals surface area contributed by atoms with E-state index in [0.717, 1.165) is 40.5 Å². The summed E-state index contributed by atoms with van der Waals surface area (Å²) in [6, 6.07) is 11.9. The number of imidazole rings is 1. The van der Waals surface area contributed by atoms with Gasteiger partial charge in [-0.3, -0.25) is 4.79 Å². The van der Waals surface area contributed by atoms with Crippen molar-refractivity contribution >= 4 is 28.7 Å². The molecule has 140 valence electrons. The van der Waals surface area contributed by atoms with Crippen molar-refractivity contribution < 1.29 is 4.79 Å². The fourth-order valence-electron chi connectivity index (χ4n) is 3.85. The zero-order chi connectivity index (χ0) is 18.8. The standard InChI is InChI=1S/C21H24N4OS/c1-14-10-15(2)12-25(11-14)19(26)13-27-21-16(6-5-9-22-21)20-23-17-7-3-4-8-18(17)24-20/h3-9,14-15H,10-13H2,1-2H3,(H,23,24)/t14-,15-/m1/s1. The van der Waals surface area contributed by atoms with Gasteiger partial charge in [-0.2, -0.15) is 0 Å². The Morgan fingerprint density at radius 2 is 1.96 bits per heavy atom. The quantitative estimate of drug-likeness (QED) is 0.689. The van der Waals surface area contributed by atoms with E-state index in [-0.39, 0.29) is 5.91 Å². The van der Waals surface area contributed by atoms with Crippen LogP contribution in [0.1, 0.15) is 20.3 Å². The third-order valence-electron chi connectivity index (χ3n) is 4.97. The van der Waals surface area contributed by atoms with Crippen LogP contribution in [0.2, 0.25) is 0 Å². The van der Waals surface area contributed by atoms with Crippen LogP contribution in [-0.2, 0) is 4.79 Å². The van der Waals surface area contributed by atoms with Crippen molar-refractivity contribution in [2.45, 2.75) is 25.3 Å². The lowest BCUT2D eigenvalue weighted by molar-refractivity contribution is -0.130. The average molecular weight is 381 g/mol. The number of para-hydroxylation sites is 2. The minimum Gasteiger partial charge on any atom is -0.341 e. The number of benzene rings is 1. The number of nitrogens with one attached hydrogen (secondary N) is 1. The van der Waals surface area contributed by atoms with Crippen LogP contribution in [0.15, 0.2) is 47.6 Å². The number of hydrogen-bond donors (Lipinski definition) is 1. The summed E-state index contributed by atoms with van der Waals surface area (Å²) < 4.78 is 0. The summed E-state index contributed by atoms with van der Waals surface area (Å²) in [4.78, 5) is 27.3. The van der Waals surface area contributed by atoms with E-state index in [1.807, 2.05) is 41.3 Å². The summed E-state index contributed by atoms with van der Waals surface area (Å²) in [6.45, 7) is 6.17. The number of aromatic nitrogens is 3. The maximum absolute atomic E-state index is 12.7. The van der Waals surface area contributed by atoms with Gasteiger partial charge in [0.05, 0.1) is 16.8 Å². The lowest BCUT2D eigenvalue weighted by atomic mass is 9.92. The maximum Gasteiger partial charge on any atom is 0.233 e. The maximum atomic E-state index is 12.7. The molecule has 1 saturated heterocycles. The predicted octanol–water partition coefficient (Wildman–Crippen LogP) is 4.22. The summed E-state index contributed by atoms with van der Waals surface area (Å²) >= 11 is 1.49. The zero-order valence-corrected chi connectivity index (χ0v) is 16.5. The number of pyridine rings is 1. The van der Waals surface area contributed by atoms with E-state index in [9.17, 15) is 4.79 Å². The molecule has 5 nitrogen and oxygen atoms in total. The van der Waals surface area contributed by atoms with E-state index in [4.69, 9.17) is 0 Å². The highest BCUT2D eigenvalue weighted by molar-refractivity contribution is 8.00. The molecule has 2 aromatic heterocycles. The zero-order valence-electron chi connectivity index (χ0n) is 15.7. The van der Waals surface area contributed by atoms with E-state index in [1.54, 1.807) is 6.20 Å². The molecule has 3 heterocycles. The number of amides is 1. The normalized spacial score (nSPS) is 20.1. The lowest BCUT2D eigenvalue weighted by Crippen LogP contribution is -2.43. The third kappa shape index (κ3) is 4.00. The molecular formula is C21H24N4OS. The lowest BCUT2D eigenvalue weighted by Gasteiger charge is -2.35. The highest BCUT2D eigenvalue weighted by Crippen LogP contribution is 2.30. The van der Waals surface area contributed by atoms with Crippen molar-refractivity contribution in [3.63, 3.8) is 0 Å². The first-order chi connectivity index (χ1) is 13.1. The molecule has 1 fully saturated rings. The number of aromatic amines is 1. The van der Waals surface area contributed by atoms with Gasteiger partial charge >= 0.3 is 0 Å². The van der Waals surface area contributed by atoms with Gasteiger partial charge in [0.15, 0.2) is 0 Å². The third-order valence-corrected chi connectivity index (χ3v) is 5.96. The van der Waals surface area contributed by atoms with Gasteiger partial charge in [-0.05, 0) is 42.5 Å². The molecule has 1 N–H and O–H groups in total. The highest BCUT2D eigenvalue weighted by atomic mass is 32.2. The molecule has 0 aliphatic carbocycles. The topological polar surface area (TPSA) is 61.9 Å². The monoisotopic (exact) mass is 380 g/mol. The number of piperidine rings is 1. The van der Waals surface area contributed by atoms with Crippen LogP contribution in [0.5, 0.6) is 0 Å². The Bertz CT molecular complexity index is 911. The summed E-state index contributed by atoms with van der Waals surface area (Å²) in [5, 5.41) is 0.836. The average Bonchev–Trinajstić information content (AvgIpc) is 3.09. The van der Waals surface area contributed by atoms with Crippen molar-refractivity contribution in [3.8, 4) is 11.4 Å². The number of rotatable bonds is 4. The second-order valence-electron chi connectivity index (χ2n) is 7.49. The molecule has 4 rings (SSSR count). The molecule has 3 aromatic rings. The van der Waals surface area contributed by atoms with Crippen molar-refractivity contribution in [2.24, 2.45) is 11.8 Å². The molecular weight excluding hydrogens is 356 g/mol. The van der Waals surface area contributed by atoms with Gasteiger partial charge in [0.25, 0.3) is 0 Å². The molecule has 27 heavy (non-hydrogen) atoms. The Morgan fingerprint density at radius 3 is 2.74 bits per heavy atom. The number of carbonyl (C=O) groups excluding carboxylic acids is 1. The molecule has 0 spiro atoms. The Labute approximate surface area is 163 Å². The molecule has 0 unspecified atom stereocenters. The van der Waals surface area contributed by atoms with Crippen LogP contribution in [0, 0.1) is 11.8 Å². The van der Waals surface area contributed by atoms with Crippen LogP contribution < -0.4 is 0 Å². The molecule has 1 aliphatic heterocycles. The Morgan fingerprint density at radius 1 is 1.19 bits per heavy atom. The van der Waals surface area contributed by atoms with Gasteiger partial charge < -0.3 is 9.88 Å². The number of likely N-dealkylation sites (tertiary alicyclic amines) is 1. The molecule has 0 radical (unpaired) electrons. The van der Waals surface area contributed by atoms with Crippen LogP contribution in [-0.4, -0.2) is 44.6 Å². The molecule has 2 atom stereocenters. The fourth-order valence-corrected chi connectivity index (χ4v) is 4.75. The second-order valence-corrected chi connectivity index (χ2v) is 8.46. The molecule has 0 bridgehead atoms. The van der Waals surface area contributed by atoms with Crippen molar-refractivity contribution in [1.29, 1.82) is 0 Å². The highest BCUT2D eigenvalue weighted by Gasteiger charge is 2.25. The van der Waals surface area contributed by atoms with Gasteiger partial charge in [0, 0.05) is 24.8 Å². The number of thioether (sulfide) groups is 1. The van der Waals surface area contributed by atoms with Crippen molar-refractivity contribution in [3.05, 3.63) is 42.6 Å². The number of H-pyrrole nitrogens is 1. The van der Waals surface area contributed by atoms with Crippen molar-refractivity contribution in [1.82, 2.24) is 19.9 Å². The van der Waals surface area contributed by atoms with E-state index in [0.29, 0.717) is 17.6 Å². The van der Waals surface area contributed by atoms with Gasteiger partial charge in [-0.15, -0.1) is 0 Å². The van der Waals surface area contributed by atoms with E-state index < -0.39 is 0 Å². The molecule has 1 amide bonds. The molecule has 0 saturated carbocycles. The largest absolute Gasteiger partial charge is 0.341 e. The number of nitrogens with zero attached hydrogens (tertiary/aromatic N) is 3. The van der Waals surface area contributed by atoms with Gasteiger partial charge in [-0.1, -0.05) is 37.7 Å². The van der Waals surface area contributed by atoms with Crippen LogP contribution in [0.25, 0.3) is 22.4 Å². The Kier molecular flexibility index (Phi) is 5.16. The summed E-state index contributed by atoms with van der Waals surface area (Å²) in [6.07, 6.45) is 2.97. The van der Waals surface area contributed by atoms with Crippen LogP contribution in [0.3, 0.4) is 0 Å². The first-order valence-electron chi connectivity index (χ1n) is 9.41. The number of hydrogen-bond acceptors (Lipinski definition) is 4. The SMILES string of the molecule is C[C@@H]1C[C@@H](C)CN(C(=O)CSc2ncccc2-c2nc3ccccc3[nH]2)C1. The van der Waals surface area contributed by atoms with Gasteiger partial charge in [0.2, 0.25) is 5.91 Å². The van der Waals surface area contributed by atoms with Crippen LogP contribution >= 0.6 is 11.8 Å². The Balaban J connectivity index is 1.51. The minimum atomic E-state index is 0.194. The number of carbonyl (C=O) groups is 1. The van der Waals surface area contributed by atoms with Crippen molar-refractivity contribution in [2.75, 3.05) is 18.8 Å². The first-order valence-corrected chi connectivity index (χ1v) is 10.4. The van der Waals surface area contributed by atoms with E-state index >= 15 is 0 Å². The smallest absolute Gasteiger partial charge is 0.233 e. The molecule has 1 aromatic carbocycles. The molecule has 6 heteroatoms. The van der Waals surface area contributed by atoms with Gasteiger partial charge in [0.1, 0.15) is 10.9 Å². The summed E-state index contributed by atoms with van der Waals surface area (Å²) in [5.74, 6) is 2.54. The first kappa shape index (κ1) is 18.0. The summed E-state index contributed by atoms with van der Waals surface area (Å²) in [5.41, 5.74) is 2.87.